The molecule has 1 rings (SSSR count). The number of aliphatic hydroxyl groups is 1. The van der Waals surface area contributed by atoms with Crippen molar-refractivity contribution in [3.8, 4) is 0 Å². The van der Waals surface area contributed by atoms with Crippen LogP contribution in [0.15, 0.2) is 20.0 Å². The number of furan rings is 1. The number of rotatable bonds is 9. The van der Waals surface area contributed by atoms with E-state index in [2.05, 4.69) is 15.9 Å². The molecule has 0 bridgehead atoms. The minimum atomic E-state index is -3.79. The van der Waals surface area contributed by atoms with Crippen LogP contribution in [0.1, 0.15) is 12.7 Å². The maximum atomic E-state index is 12.7. The van der Waals surface area contributed by atoms with Crippen LogP contribution in [0, 0.1) is 0 Å². The number of aliphatic hydroxyl groups excluding tert-OH is 1. The Labute approximate surface area is 133 Å². The normalized spacial score (nSPS) is 13.8. The minimum Gasteiger partial charge on any atom is -0.450 e. The maximum Gasteiger partial charge on any atom is 0.247 e. The lowest BCUT2D eigenvalue weighted by Crippen LogP contribution is -2.42. The first-order valence-corrected chi connectivity index (χ1v) is 8.50. The fourth-order valence-electron chi connectivity index (χ4n) is 1.86. The van der Waals surface area contributed by atoms with Gasteiger partial charge in [0.1, 0.15) is 17.3 Å². The van der Waals surface area contributed by atoms with Gasteiger partial charge in [-0.2, -0.15) is 4.31 Å². The summed E-state index contributed by atoms with van der Waals surface area (Å²) in [6.45, 7) is 2.08. The molecule has 1 aromatic heterocycles. The molecule has 122 valence electrons. The van der Waals surface area contributed by atoms with Crippen LogP contribution in [0.3, 0.4) is 0 Å². The Hall–Kier alpha value is -0.450. The molecule has 0 aromatic carbocycles. The lowest BCUT2D eigenvalue weighted by atomic mass is 10.3. The molecule has 0 aliphatic heterocycles. The van der Waals surface area contributed by atoms with Crippen molar-refractivity contribution >= 4 is 26.0 Å². The van der Waals surface area contributed by atoms with E-state index in [0.717, 1.165) is 0 Å². The summed E-state index contributed by atoms with van der Waals surface area (Å²) in [6.07, 6.45) is 0. The Balaban J connectivity index is 3.15. The Kier molecular flexibility index (Phi) is 7.31. The summed E-state index contributed by atoms with van der Waals surface area (Å²) in [5.74, 6) is 0.173. The molecule has 9 heteroatoms. The topological polar surface area (TPSA) is 89.2 Å². The standard InChI is InChI=1S/C12H20BrNO6S/c1-9(8-19-3)14(4-5-18-2)21(16,17)11-6-10(7-15)20-12(11)13/h6,9,15H,4-5,7-8H2,1-3H3. The lowest BCUT2D eigenvalue weighted by Gasteiger charge is -2.27. The molecular formula is C12H20BrNO6S. The first-order valence-electron chi connectivity index (χ1n) is 6.27. The van der Waals surface area contributed by atoms with E-state index in [1.807, 2.05) is 0 Å². The minimum absolute atomic E-state index is 0.0226. The van der Waals surface area contributed by atoms with E-state index in [4.69, 9.17) is 19.0 Å². The zero-order valence-electron chi connectivity index (χ0n) is 12.2. The van der Waals surface area contributed by atoms with Gasteiger partial charge in [0.05, 0.1) is 13.2 Å². The Morgan fingerprint density at radius 1 is 1.43 bits per heavy atom. The van der Waals surface area contributed by atoms with Gasteiger partial charge in [0.25, 0.3) is 0 Å². The number of methoxy groups -OCH3 is 2. The van der Waals surface area contributed by atoms with Gasteiger partial charge in [-0.15, -0.1) is 0 Å². The first kappa shape index (κ1) is 18.6. The third-order valence-electron chi connectivity index (χ3n) is 2.86. The number of nitrogens with zero attached hydrogens (tertiary/aromatic N) is 1. The van der Waals surface area contributed by atoms with Crippen LogP contribution in [-0.2, 0) is 26.1 Å². The largest absolute Gasteiger partial charge is 0.450 e. The summed E-state index contributed by atoms with van der Waals surface area (Å²) in [4.78, 5) is -0.0226. The summed E-state index contributed by atoms with van der Waals surface area (Å²) in [5.41, 5.74) is 0. The Morgan fingerprint density at radius 3 is 2.57 bits per heavy atom. The molecule has 0 aliphatic rings. The molecule has 21 heavy (non-hydrogen) atoms. The molecule has 0 fully saturated rings. The molecular weight excluding hydrogens is 366 g/mol. The van der Waals surface area contributed by atoms with Crippen molar-refractivity contribution in [1.29, 1.82) is 0 Å². The third-order valence-corrected chi connectivity index (χ3v) is 5.73. The van der Waals surface area contributed by atoms with Crippen molar-refractivity contribution < 1.29 is 27.4 Å². The van der Waals surface area contributed by atoms with Crippen molar-refractivity contribution in [3.05, 3.63) is 16.5 Å². The maximum absolute atomic E-state index is 12.7. The zero-order valence-corrected chi connectivity index (χ0v) is 14.6. The number of hydrogen-bond acceptors (Lipinski definition) is 6. The summed E-state index contributed by atoms with van der Waals surface area (Å²) < 4.78 is 42.0. The van der Waals surface area contributed by atoms with E-state index >= 15 is 0 Å². The predicted molar refractivity (Wildman–Crippen MR) is 79.4 cm³/mol. The molecule has 7 nitrogen and oxygen atoms in total. The number of sulfonamides is 1. The van der Waals surface area contributed by atoms with E-state index in [-0.39, 0.29) is 47.7 Å². The van der Waals surface area contributed by atoms with Crippen LogP contribution in [-0.4, -0.2) is 57.8 Å². The van der Waals surface area contributed by atoms with E-state index in [9.17, 15) is 8.42 Å². The average molecular weight is 386 g/mol. The van der Waals surface area contributed by atoms with Gasteiger partial charge < -0.3 is 19.0 Å². The van der Waals surface area contributed by atoms with Gasteiger partial charge in [0.2, 0.25) is 10.0 Å². The quantitative estimate of drug-likeness (QED) is 0.686. The highest BCUT2D eigenvalue weighted by Gasteiger charge is 2.32. The highest BCUT2D eigenvalue weighted by atomic mass is 79.9. The second-order valence-corrected chi connectivity index (χ2v) is 7.00. The van der Waals surface area contributed by atoms with Crippen molar-refractivity contribution in [2.45, 2.75) is 24.5 Å². The van der Waals surface area contributed by atoms with Crippen molar-refractivity contribution in [3.63, 3.8) is 0 Å². The molecule has 0 amide bonds. The lowest BCUT2D eigenvalue weighted by molar-refractivity contribution is 0.119. The van der Waals surface area contributed by atoms with Gasteiger partial charge in [-0.3, -0.25) is 0 Å². The molecule has 0 radical (unpaired) electrons. The monoisotopic (exact) mass is 385 g/mol. The van der Waals surface area contributed by atoms with Gasteiger partial charge in [0.15, 0.2) is 4.67 Å². The van der Waals surface area contributed by atoms with Gasteiger partial charge in [0, 0.05) is 32.9 Å². The van der Waals surface area contributed by atoms with Gasteiger partial charge >= 0.3 is 0 Å². The number of hydrogen-bond donors (Lipinski definition) is 1. The molecule has 0 spiro atoms. The van der Waals surface area contributed by atoms with E-state index in [0.29, 0.717) is 0 Å². The van der Waals surface area contributed by atoms with Crippen LogP contribution in [0.2, 0.25) is 0 Å². The number of ether oxygens (including phenoxy) is 2. The molecule has 1 N–H and O–H groups in total. The molecule has 0 saturated heterocycles. The molecule has 0 aliphatic carbocycles. The zero-order chi connectivity index (χ0) is 16.0. The average Bonchev–Trinajstić information content (AvgIpc) is 2.81. The molecule has 1 aromatic rings. The van der Waals surface area contributed by atoms with Crippen molar-refractivity contribution in [2.24, 2.45) is 0 Å². The van der Waals surface area contributed by atoms with Crippen LogP contribution in [0.25, 0.3) is 0 Å². The first-order chi connectivity index (χ1) is 9.88. The predicted octanol–water partition coefficient (Wildman–Crippen LogP) is 1.21. The molecule has 1 atom stereocenters. The second-order valence-electron chi connectivity index (χ2n) is 4.42. The molecule has 1 unspecified atom stereocenters. The fraction of sp³-hybridized carbons (Fsp3) is 0.667. The van der Waals surface area contributed by atoms with Crippen LogP contribution in [0.4, 0.5) is 0 Å². The van der Waals surface area contributed by atoms with Gasteiger partial charge in [-0.05, 0) is 22.9 Å². The van der Waals surface area contributed by atoms with E-state index in [1.165, 1.54) is 24.6 Å². The third kappa shape index (κ3) is 4.51. The highest BCUT2D eigenvalue weighted by Crippen LogP contribution is 2.29. The van der Waals surface area contributed by atoms with Gasteiger partial charge in [-0.25, -0.2) is 8.42 Å². The number of halogens is 1. The van der Waals surface area contributed by atoms with E-state index in [1.54, 1.807) is 6.92 Å². The van der Waals surface area contributed by atoms with Gasteiger partial charge in [-0.1, -0.05) is 0 Å². The summed E-state index contributed by atoms with van der Waals surface area (Å²) >= 11 is 3.07. The van der Waals surface area contributed by atoms with Crippen molar-refractivity contribution in [2.75, 3.05) is 34.0 Å². The summed E-state index contributed by atoms with van der Waals surface area (Å²) in [7, 11) is -0.781. The van der Waals surface area contributed by atoms with Crippen molar-refractivity contribution in [1.82, 2.24) is 4.31 Å². The molecule has 0 saturated carbocycles. The fourth-order valence-corrected chi connectivity index (χ4v) is 4.42. The molecule has 1 heterocycles. The van der Waals surface area contributed by atoms with E-state index < -0.39 is 10.0 Å². The highest BCUT2D eigenvalue weighted by molar-refractivity contribution is 9.10. The Bertz CT molecular complexity index is 544. The summed E-state index contributed by atoms with van der Waals surface area (Å²) in [6, 6.07) is 0.938. The second kappa shape index (κ2) is 8.25. The van der Waals surface area contributed by atoms with Crippen LogP contribution in [0.5, 0.6) is 0 Å². The smallest absolute Gasteiger partial charge is 0.247 e. The van der Waals surface area contributed by atoms with Crippen LogP contribution < -0.4 is 0 Å². The summed E-state index contributed by atoms with van der Waals surface area (Å²) in [5, 5.41) is 9.05. The SMILES string of the molecule is COCCN(C(C)COC)S(=O)(=O)c1cc(CO)oc1Br. The Morgan fingerprint density at radius 2 is 2.10 bits per heavy atom. The van der Waals surface area contributed by atoms with Crippen LogP contribution >= 0.6 is 15.9 Å².